The molecular formula is C37H44N6O7S. The number of fused-ring (bicyclic) bond motifs is 1. The van der Waals surface area contributed by atoms with E-state index in [9.17, 15) is 22.8 Å². The van der Waals surface area contributed by atoms with Crippen LogP contribution in [-0.2, 0) is 36.7 Å². The minimum Gasteiger partial charge on any atom is -0.497 e. The highest BCUT2D eigenvalue weighted by Gasteiger charge is 2.16. The third kappa shape index (κ3) is 10.1. The summed E-state index contributed by atoms with van der Waals surface area (Å²) in [6.45, 7) is 1.63. The van der Waals surface area contributed by atoms with Crippen molar-refractivity contribution in [2.24, 2.45) is 12.8 Å². The van der Waals surface area contributed by atoms with E-state index in [1.165, 1.54) is 22.8 Å². The summed E-state index contributed by atoms with van der Waals surface area (Å²) in [7, 11) is 4.79. The highest BCUT2D eigenvalue weighted by atomic mass is 32.2. The number of hydrogen-bond donors (Lipinski definition) is 3. The summed E-state index contributed by atoms with van der Waals surface area (Å²) in [6.07, 6.45) is 0. The van der Waals surface area contributed by atoms with Crippen LogP contribution >= 0.6 is 0 Å². The lowest BCUT2D eigenvalue weighted by Crippen LogP contribution is -2.39. The molecule has 0 saturated carbocycles. The summed E-state index contributed by atoms with van der Waals surface area (Å²) < 4.78 is 40.2. The second-order valence-electron chi connectivity index (χ2n) is 11.9. The molecule has 0 aliphatic rings. The van der Waals surface area contributed by atoms with Gasteiger partial charge in [0.2, 0.25) is 10.0 Å². The number of ether oxygens (including phenoxy) is 2. The lowest BCUT2D eigenvalue weighted by molar-refractivity contribution is 0.0951. The standard InChI is InChI=1S/C29H33N5O6S.C8H11NO/c1-32(2)16-15-31-41(38,39)24-12-7-21(8-13-24)19-34-28(36)25-17-22(9-14-26(25)33(3)29(34)37)27(35)30-18-20-5-10-23(40-4)11-6-20;1-10-8-4-2-7(6-9)3-5-8/h5-14,17,31H,15-16,18-19H2,1-4H3,(H,30,35);2-5H,6,9H2,1H3. The fourth-order valence-corrected chi connectivity index (χ4v) is 6.05. The molecule has 0 aliphatic heterocycles. The molecule has 51 heavy (non-hydrogen) atoms. The van der Waals surface area contributed by atoms with Crippen molar-refractivity contribution in [1.29, 1.82) is 0 Å². The molecule has 0 radical (unpaired) electrons. The maximum Gasteiger partial charge on any atom is 0.331 e. The highest BCUT2D eigenvalue weighted by Crippen LogP contribution is 2.15. The van der Waals surface area contributed by atoms with Gasteiger partial charge in [-0.2, -0.15) is 0 Å². The van der Waals surface area contributed by atoms with Gasteiger partial charge in [-0.05, 0) is 85.4 Å². The van der Waals surface area contributed by atoms with Crippen molar-refractivity contribution in [3.8, 4) is 11.5 Å². The number of hydrogen-bond acceptors (Lipinski definition) is 9. The first-order valence-corrected chi connectivity index (χ1v) is 17.6. The first-order chi connectivity index (χ1) is 24.4. The third-order valence-corrected chi connectivity index (χ3v) is 9.52. The van der Waals surface area contributed by atoms with Crippen molar-refractivity contribution in [1.82, 2.24) is 24.1 Å². The van der Waals surface area contributed by atoms with E-state index in [4.69, 9.17) is 15.2 Å². The van der Waals surface area contributed by atoms with Crippen LogP contribution in [0.4, 0.5) is 0 Å². The first kappa shape index (κ1) is 38.5. The molecule has 4 aromatic carbocycles. The van der Waals surface area contributed by atoms with Crippen LogP contribution in [0.5, 0.6) is 11.5 Å². The van der Waals surface area contributed by atoms with Gasteiger partial charge in [0, 0.05) is 38.8 Å². The Kier molecular flexibility index (Phi) is 13.3. The monoisotopic (exact) mass is 716 g/mol. The van der Waals surface area contributed by atoms with Crippen molar-refractivity contribution in [3.63, 3.8) is 0 Å². The molecule has 5 aromatic rings. The van der Waals surface area contributed by atoms with E-state index in [0.29, 0.717) is 29.9 Å². The van der Waals surface area contributed by atoms with E-state index in [0.717, 1.165) is 21.4 Å². The van der Waals surface area contributed by atoms with Gasteiger partial charge in [0.25, 0.3) is 11.5 Å². The summed E-state index contributed by atoms with van der Waals surface area (Å²) in [5.74, 6) is 1.22. The summed E-state index contributed by atoms with van der Waals surface area (Å²) in [5.41, 5.74) is 7.59. The van der Waals surface area contributed by atoms with Crippen LogP contribution in [0.15, 0.2) is 105 Å². The van der Waals surface area contributed by atoms with Gasteiger partial charge in [-0.1, -0.05) is 36.4 Å². The third-order valence-electron chi connectivity index (χ3n) is 8.05. The average Bonchev–Trinajstić information content (AvgIpc) is 3.14. The number of carbonyl (C=O) groups is 1. The fourth-order valence-electron chi connectivity index (χ4n) is 5.03. The summed E-state index contributed by atoms with van der Waals surface area (Å²) in [4.78, 5) is 41.3. The molecule has 1 aromatic heterocycles. The highest BCUT2D eigenvalue weighted by molar-refractivity contribution is 7.89. The molecule has 0 fully saturated rings. The molecular weight excluding hydrogens is 673 g/mol. The Morgan fingerprint density at radius 2 is 1.39 bits per heavy atom. The van der Waals surface area contributed by atoms with Gasteiger partial charge in [0.15, 0.2) is 0 Å². The van der Waals surface area contributed by atoms with E-state index in [2.05, 4.69) is 10.0 Å². The van der Waals surface area contributed by atoms with Gasteiger partial charge >= 0.3 is 5.69 Å². The molecule has 1 amide bonds. The molecule has 5 rings (SSSR count). The molecule has 0 spiro atoms. The number of benzene rings is 4. The van der Waals surface area contributed by atoms with Gasteiger partial charge in [-0.3, -0.25) is 18.7 Å². The van der Waals surface area contributed by atoms with Crippen molar-refractivity contribution >= 4 is 26.8 Å². The van der Waals surface area contributed by atoms with E-state index in [-0.39, 0.29) is 41.4 Å². The molecule has 0 saturated heterocycles. The Morgan fingerprint density at radius 1 is 0.824 bits per heavy atom. The van der Waals surface area contributed by atoms with Crippen molar-refractivity contribution in [2.45, 2.75) is 24.5 Å². The SMILES string of the molecule is COc1ccc(CN)cc1.COc1ccc(CNC(=O)c2ccc3c(c2)c(=O)n(Cc2ccc(S(=O)(=O)NCCN(C)C)cc2)c(=O)n3C)cc1. The lowest BCUT2D eigenvalue weighted by atomic mass is 10.1. The molecule has 0 bridgehead atoms. The molecule has 14 heteroatoms. The summed E-state index contributed by atoms with van der Waals surface area (Å²) >= 11 is 0. The maximum absolute atomic E-state index is 13.4. The number of methoxy groups -OCH3 is 2. The molecule has 0 unspecified atom stereocenters. The normalized spacial score (nSPS) is 11.2. The van der Waals surface area contributed by atoms with E-state index >= 15 is 0 Å². The lowest BCUT2D eigenvalue weighted by Gasteiger charge is -2.13. The second kappa shape index (κ2) is 17.6. The Hall–Kier alpha value is -5.28. The summed E-state index contributed by atoms with van der Waals surface area (Å²) in [5, 5.41) is 3.06. The second-order valence-corrected chi connectivity index (χ2v) is 13.7. The predicted octanol–water partition coefficient (Wildman–Crippen LogP) is 2.68. The van der Waals surface area contributed by atoms with Crippen LogP contribution in [0.3, 0.4) is 0 Å². The number of aromatic nitrogens is 2. The summed E-state index contributed by atoms with van der Waals surface area (Å²) in [6, 6.07) is 25.7. The van der Waals surface area contributed by atoms with Crippen LogP contribution in [0, 0.1) is 0 Å². The number of sulfonamides is 1. The first-order valence-electron chi connectivity index (χ1n) is 16.1. The topological polar surface area (TPSA) is 167 Å². The van der Waals surface area contributed by atoms with Crippen LogP contribution < -0.4 is 36.5 Å². The Morgan fingerprint density at radius 3 is 1.94 bits per heavy atom. The van der Waals surface area contributed by atoms with Gasteiger partial charge in [-0.15, -0.1) is 0 Å². The van der Waals surface area contributed by atoms with Crippen molar-refractivity contribution in [2.75, 3.05) is 41.4 Å². The largest absolute Gasteiger partial charge is 0.497 e. The zero-order chi connectivity index (χ0) is 37.1. The van der Waals surface area contributed by atoms with E-state index < -0.39 is 21.3 Å². The van der Waals surface area contributed by atoms with Crippen LogP contribution in [0.25, 0.3) is 10.9 Å². The predicted molar refractivity (Wildman–Crippen MR) is 198 cm³/mol. The number of likely N-dealkylation sites (N-methyl/N-ethyl adjacent to an activating group) is 1. The smallest absolute Gasteiger partial charge is 0.331 e. The number of nitrogens with two attached hydrogens (primary N) is 1. The average molecular weight is 717 g/mol. The van der Waals surface area contributed by atoms with Crippen LogP contribution in [-0.4, -0.2) is 69.8 Å². The van der Waals surface area contributed by atoms with Crippen molar-refractivity contribution in [3.05, 3.63) is 134 Å². The quantitative estimate of drug-likeness (QED) is 0.166. The number of nitrogens with zero attached hydrogens (tertiary/aromatic N) is 3. The maximum atomic E-state index is 13.4. The zero-order valence-electron chi connectivity index (χ0n) is 29.4. The number of aryl methyl sites for hydroxylation is 1. The molecule has 0 atom stereocenters. The minimum absolute atomic E-state index is 0.0657. The fraction of sp³-hybridized carbons (Fsp3) is 0.270. The molecule has 4 N–H and O–H groups in total. The number of rotatable bonds is 13. The van der Waals surface area contributed by atoms with Gasteiger partial charge < -0.3 is 25.4 Å². The number of carbonyl (C=O) groups excluding carboxylic acids is 1. The van der Waals surface area contributed by atoms with Gasteiger partial charge in [-0.25, -0.2) is 17.9 Å². The Balaban J connectivity index is 0.000000502. The Bertz CT molecular complexity index is 2140. The van der Waals surface area contributed by atoms with Crippen LogP contribution in [0.1, 0.15) is 27.0 Å². The van der Waals surface area contributed by atoms with Gasteiger partial charge in [0.1, 0.15) is 11.5 Å². The van der Waals surface area contributed by atoms with Gasteiger partial charge in [0.05, 0.1) is 36.6 Å². The molecule has 0 aliphatic carbocycles. The number of nitrogens with one attached hydrogen (secondary N) is 2. The Labute approximate surface area is 297 Å². The van der Waals surface area contributed by atoms with E-state index in [1.807, 2.05) is 55.4 Å². The minimum atomic E-state index is -3.69. The number of amides is 1. The zero-order valence-corrected chi connectivity index (χ0v) is 30.2. The van der Waals surface area contributed by atoms with Crippen molar-refractivity contribution < 1.29 is 22.7 Å². The molecule has 270 valence electrons. The molecule has 1 heterocycles. The van der Waals surface area contributed by atoms with Crippen LogP contribution in [0.2, 0.25) is 0 Å². The molecule has 13 nitrogen and oxygen atoms in total. The van der Waals surface area contributed by atoms with E-state index in [1.54, 1.807) is 57.7 Å².